The van der Waals surface area contributed by atoms with Crippen LogP contribution < -0.4 is 11.3 Å². The fraction of sp³-hybridized carbons (Fsp3) is 0.571. The van der Waals surface area contributed by atoms with Crippen LogP contribution in [0.2, 0.25) is 0 Å². The second-order valence-corrected chi connectivity index (χ2v) is 5.43. The highest BCUT2D eigenvalue weighted by atomic mass is 16.6. The summed E-state index contributed by atoms with van der Waals surface area (Å²) < 4.78 is 0. The fourth-order valence-electron chi connectivity index (χ4n) is 2.41. The zero-order valence-corrected chi connectivity index (χ0v) is 13.2. The topological polar surface area (TPSA) is 87.7 Å². The number of likely N-dealkylation sites (N-methyl/N-ethyl adjacent to an activating group) is 2. The van der Waals surface area contributed by atoms with Gasteiger partial charge in [0.1, 0.15) is 5.69 Å². The van der Waals surface area contributed by atoms with E-state index in [1.807, 2.05) is 20.2 Å². The van der Waals surface area contributed by atoms with E-state index in [1.54, 1.807) is 12.1 Å². The van der Waals surface area contributed by atoms with Gasteiger partial charge in [0, 0.05) is 25.2 Å². The molecule has 0 aromatic heterocycles. The first-order valence-electron chi connectivity index (χ1n) is 7.01. The molecule has 0 radical (unpaired) electrons. The molecule has 1 unspecified atom stereocenters. The Balaban J connectivity index is 2.90. The van der Waals surface area contributed by atoms with Crippen molar-refractivity contribution < 1.29 is 4.92 Å². The minimum Gasteiger partial charge on any atom is -0.318 e. The molecule has 21 heavy (non-hydrogen) atoms. The van der Waals surface area contributed by atoms with Gasteiger partial charge in [-0.15, -0.1) is 0 Å². The average Bonchev–Trinajstić information content (AvgIpc) is 2.43. The third-order valence-electron chi connectivity index (χ3n) is 3.46. The van der Waals surface area contributed by atoms with Crippen molar-refractivity contribution in [3.63, 3.8) is 0 Å². The number of nitrogens with zero attached hydrogens (tertiary/aromatic N) is 3. The van der Waals surface area contributed by atoms with Crippen LogP contribution in [0, 0.1) is 10.1 Å². The summed E-state index contributed by atoms with van der Waals surface area (Å²) in [5, 5.41) is 11.1. The average molecular weight is 295 g/mol. The van der Waals surface area contributed by atoms with Crippen LogP contribution in [-0.4, -0.2) is 47.9 Å². The van der Waals surface area contributed by atoms with Gasteiger partial charge in [0.15, 0.2) is 0 Å². The van der Waals surface area contributed by atoms with E-state index >= 15 is 0 Å². The van der Waals surface area contributed by atoms with Crippen LogP contribution in [0.15, 0.2) is 18.2 Å². The summed E-state index contributed by atoms with van der Waals surface area (Å²) in [5.41, 5.74) is 3.60. The van der Waals surface area contributed by atoms with Crippen LogP contribution in [0.25, 0.3) is 0 Å². The molecule has 0 aliphatic rings. The zero-order chi connectivity index (χ0) is 16.0. The lowest BCUT2D eigenvalue weighted by atomic mass is 10.1. The van der Waals surface area contributed by atoms with E-state index in [0.29, 0.717) is 18.3 Å². The quantitative estimate of drug-likeness (QED) is 0.431. The van der Waals surface area contributed by atoms with Crippen molar-refractivity contribution >= 4 is 11.4 Å². The molecular formula is C14H25N5O2. The maximum Gasteiger partial charge on any atom is 0.293 e. The van der Waals surface area contributed by atoms with Crippen LogP contribution in [0.1, 0.15) is 19.4 Å². The molecule has 1 aromatic carbocycles. The molecular weight excluding hydrogens is 270 g/mol. The monoisotopic (exact) mass is 295 g/mol. The number of hydrogen-bond donors (Lipinski definition) is 2. The van der Waals surface area contributed by atoms with Gasteiger partial charge < -0.3 is 10.3 Å². The smallest absolute Gasteiger partial charge is 0.293 e. The van der Waals surface area contributed by atoms with E-state index in [1.165, 1.54) is 0 Å². The first kappa shape index (κ1) is 17.4. The molecule has 1 atom stereocenters. The summed E-state index contributed by atoms with van der Waals surface area (Å²) in [6.45, 7) is 6.76. The highest BCUT2D eigenvalue weighted by molar-refractivity contribution is 5.61. The van der Waals surface area contributed by atoms with Gasteiger partial charge in [-0.2, -0.15) is 0 Å². The zero-order valence-electron chi connectivity index (χ0n) is 13.2. The number of nitrogen functional groups attached to an aromatic ring is 1. The fourth-order valence-corrected chi connectivity index (χ4v) is 2.41. The summed E-state index contributed by atoms with van der Waals surface area (Å²) >= 11 is 0. The Hall–Kier alpha value is -1.70. The van der Waals surface area contributed by atoms with Gasteiger partial charge >= 0.3 is 0 Å². The van der Waals surface area contributed by atoms with Gasteiger partial charge in [0.25, 0.3) is 5.69 Å². The molecule has 0 saturated heterocycles. The normalized spacial score (nSPS) is 12.7. The van der Waals surface area contributed by atoms with Crippen molar-refractivity contribution in [2.45, 2.75) is 26.4 Å². The molecule has 118 valence electrons. The SMILES string of the molecule is CCN(Cc1ccc(NN)c([N+](=O)[O-])c1)C(C)CN(C)C. The highest BCUT2D eigenvalue weighted by Gasteiger charge is 2.17. The first-order chi connectivity index (χ1) is 9.88. The van der Waals surface area contributed by atoms with E-state index in [9.17, 15) is 10.1 Å². The molecule has 3 N–H and O–H groups in total. The van der Waals surface area contributed by atoms with Crippen LogP contribution in [0.4, 0.5) is 11.4 Å². The minimum atomic E-state index is -0.418. The Morgan fingerprint density at radius 2 is 2.10 bits per heavy atom. The number of rotatable bonds is 8. The molecule has 0 amide bonds. The third-order valence-corrected chi connectivity index (χ3v) is 3.46. The first-order valence-corrected chi connectivity index (χ1v) is 7.01. The molecule has 0 spiro atoms. The van der Waals surface area contributed by atoms with E-state index < -0.39 is 4.92 Å². The van der Waals surface area contributed by atoms with Crippen molar-refractivity contribution in [2.24, 2.45) is 5.84 Å². The van der Waals surface area contributed by atoms with Crippen molar-refractivity contribution in [3.8, 4) is 0 Å². The number of nitro groups is 1. The van der Waals surface area contributed by atoms with E-state index in [2.05, 4.69) is 29.1 Å². The Bertz CT molecular complexity index is 478. The molecule has 0 aliphatic heterocycles. The predicted molar refractivity (Wildman–Crippen MR) is 85.0 cm³/mol. The van der Waals surface area contributed by atoms with E-state index in [0.717, 1.165) is 18.7 Å². The Morgan fingerprint density at radius 3 is 2.57 bits per heavy atom. The summed E-state index contributed by atoms with van der Waals surface area (Å²) in [7, 11) is 4.08. The predicted octanol–water partition coefficient (Wildman–Crippen LogP) is 1.65. The molecule has 7 nitrogen and oxygen atoms in total. The molecule has 0 bridgehead atoms. The Kier molecular flexibility index (Phi) is 6.54. The van der Waals surface area contributed by atoms with Gasteiger partial charge in [-0.1, -0.05) is 13.0 Å². The molecule has 1 rings (SSSR count). The van der Waals surface area contributed by atoms with Crippen LogP contribution in [0.3, 0.4) is 0 Å². The van der Waals surface area contributed by atoms with Gasteiger partial charge in [0.05, 0.1) is 4.92 Å². The summed E-state index contributed by atoms with van der Waals surface area (Å²) in [5.74, 6) is 5.30. The summed E-state index contributed by atoms with van der Waals surface area (Å²) in [4.78, 5) is 15.1. The second kappa shape index (κ2) is 7.92. The highest BCUT2D eigenvalue weighted by Crippen LogP contribution is 2.25. The standard InChI is InChI=1S/C14H25N5O2/c1-5-18(11(2)9-17(3)4)10-12-6-7-13(16-15)14(8-12)19(20)21/h6-8,11,16H,5,9-10,15H2,1-4H3. The van der Waals surface area contributed by atoms with Crippen molar-refractivity contribution in [1.29, 1.82) is 0 Å². The van der Waals surface area contributed by atoms with E-state index in [-0.39, 0.29) is 5.69 Å². The number of nitro benzene ring substituents is 1. The number of nitrogens with one attached hydrogen (secondary N) is 1. The van der Waals surface area contributed by atoms with E-state index in [4.69, 9.17) is 5.84 Å². The lowest BCUT2D eigenvalue weighted by Crippen LogP contribution is -2.39. The van der Waals surface area contributed by atoms with Crippen molar-refractivity contribution in [1.82, 2.24) is 9.80 Å². The van der Waals surface area contributed by atoms with Crippen LogP contribution in [0.5, 0.6) is 0 Å². The third kappa shape index (κ3) is 4.96. The maximum atomic E-state index is 11.1. The summed E-state index contributed by atoms with van der Waals surface area (Å²) in [6, 6.07) is 5.47. The molecule has 0 saturated carbocycles. The van der Waals surface area contributed by atoms with Gasteiger partial charge in [0.2, 0.25) is 0 Å². The molecule has 1 aromatic rings. The van der Waals surface area contributed by atoms with Crippen molar-refractivity contribution in [2.75, 3.05) is 32.6 Å². The number of nitrogens with two attached hydrogens (primary N) is 1. The lowest BCUT2D eigenvalue weighted by molar-refractivity contribution is -0.384. The number of hydrogen-bond acceptors (Lipinski definition) is 6. The van der Waals surface area contributed by atoms with Crippen molar-refractivity contribution in [3.05, 3.63) is 33.9 Å². The number of hydrazine groups is 1. The van der Waals surface area contributed by atoms with Gasteiger partial charge in [-0.25, -0.2) is 0 Å². The van der Waals surface area contributed by atoms with Gasteiger partial charge in [-0.3, -0.25) is 20.9 Å². The van der Waals surface area contributed by atoms with Crippen LogP contribution >= 0.6 is 0 Å². The Labute approximate surface area is 125 Å². The van der Waals surface area contributed by atoms with Crippen LogP contribution in [-0.2, 0) is 6.54 Å². The molecule has 0 heterocycles. The molecule has 0 aliphatic carbocycles. The minimum absolute atomic E-state index is 0.00585. The molecule has 7 heteroatoms. The number of benzene rings is 1. The summed E-state index contributed by atoms with van der Waals surface area (Å²) in [6.07, 6.45) is 0. The maximum absolute atomic E-state index is 11.1. The Morgan fingerprint density at radius 1 is 1.43 bits per heavy atom. The van der Waals surface area contributed by atoms with Gasteiger partial charge in [-0.05, 0) is 39.2 Å². The largest absolute Gasteiger partial charge is 0.318 e. The second-order valence-electron chi connectivity index (χ2n) is 5.43. The number of anilines is 1. The lowest BCUT2D eigenvalue weighted by Gasteiger charge is -2.30. The molecule has 0 fully saturated rings.